The van der Waals surface area contributed by atoms with Gasteiger partial charge in [0, 0.05) is 22.8 Å². The third-order valence-corrected chi connectivity index (χ3v) is 4.22. The van der Waals surface area contributed by atoms with Gasteiger partial charge in [0.25, 0.3) is 0 Å². The summed E-state index contributed by atoms with van der Waals surface area (Å²) in [5, 5.41) is 4.69. The molecular formula is C11H16F3N5OS2. The van der Waals surface area contributed by atoms with Gasteiger partial charge in [0.1, 0.15) is 6.54 Å². The van der Waals surface area contributed by atoms with Crippen LogP contribution in [0.15, 0.2) is 10.4 Å². The Balaban J connectivity index is 2.45. The van der Waals surface area contributed by atoms with E-state index in [1.807, 2.05) is 6.92 Å². The maximum absolute atomic E-state index is 12.0. The first-order valence-corrected chi connectivity index (χ1v) is 8.06. The molecule has 0 saturated heterocycles. The summed E-state index contributed by atoms with van der Waals surface area (Å²) in [6.45, 7) is 0.535. The Labute approximate surface area is 133 Å². The molecule has 0 aliphatic carbocycles. The maximum Gasteiger partial charge on any atom is 0.408 e. The number of aromatic nitrogens is 1. The Kier molecular flexibility index (Phi) is 6.94. The molecule has 0 aliphatic heterocycles. The number of alkyl halides is 3. The van der Waals surface area contributed by atoms with E-state index in [9.17, 15) is 18.0 Å². The highest BCUT2D eigenvalue weighted by Gasteiger charge is 2.26. The van der Waals surface area contributed by atoms with E-state index < -0.39 is 12.7 Å². The van der Waals surface area contributed by atoms with Crippen molar-refractivity contribution in [1.82, 2.24) is 4.98 Å². The fraction of sp³-hybridized carbons (Fsp3) is 0.545. The summed E-state index contributed by atoms with van der Waals surface area (Å²) in [4.78, 5) is 18.1. The second-order valence-corrected chi connectivity index (χ2v) is 6.66. The number of aliphatic imine (C=N–C) groups is 1. The van der Waals surface area contributed by atoms with Crippen LogP contribution < -0.4 is 16.8 Å². The zero-order chi connectivity index (χ0) is 16.8. The lowest BCUT2D eigenvalue weighted by molar-refractivity contribution is -0.118. The molecule has 22 heavy (non-hydrogen) atoms. The SMILES string of the molecule is CC(CC(N)=O)SCc1csc(NC(N)=NCC(F)(F)F)n1. The van der Waals surface area contributed by atoms with Gasteiger partial charge < -0.3 is 16.8 Å². The molecule has 1 unspecified atom stereocenters. The van der Waals surface area contributed by atoms with E-state index in [4.69, 9.17) is 11.5 Å². The molecule has 0 radical (unpaired) electrons. The van der Waals surface area contributed by atoms with Gasteiger partial charge in [-0.15, -0.1) is 11.3 Å². The van der Waals surface area contributed by atoms with Gasteiger partial charge in [-0.25, -0.2) is 9.98 Å². The van der Waals surface area contributed by atoms with Crippen molar-refractivity contribution in [2.75, 3.05) is 11.9 Å². The number of nitrogens with zero attached hydrogens (tertiary/aromatic N) is 2. The first-order chi connectivity index (χ1) is 10.2. The molecule has 1 amide bonds. The molecule has 0 spiro atoms. The highest BCUT2D eigenvalue weighted by atomic mass is 32.2. The van der Waals surface area contributed by atoms with Crippen LogP contribution >= 0.6 is 23.1 Å². The maximum atomic E-state index is 12.0. The van der Waals surface area contributed by atoms with Crippen molar-refractivity contribution in [3.05, 3.63) is 11.1 Å². The minimum atomic E-state index is -4.40. The average Bonchev–Trinajstić information content (AvgIpc) is 2.80. The number of thioether (sulfide) groups is 1. The molecule has 5 N–H and O–H groups in total. The molecule has 0 saturated carbocycles. The molecule has 1 aromatic rings. The monoisotopic (exact) mass is 355 g/mol. The summed E-state index contributed by atoms with van der Waals surface area (Å²) in [6, 6.07) is 0. The Morgan fingerprint density at radius 2 is 2.23 bits per heavy atom. The Bertz CT molecular complexity index is 532. The van der Waals surface area contributed by atoms with Gasteiger partial charge in [-0.3, -0.25) is 4.79 Å². The number of carbonyl (C=O) groups excluding carboxylic acids is 1. The number of rotatable bonds is 7. The number of guanidine groups is 1. The van der Waals surface area contributed by atoms with Gasteiger partial charge in [-0.2, -0.15) is 24.9 Å². The van der Waals surface area contributed by atoms with Gasteiger partial charge in [0.05, 0.1) is 5.69 Å². The molecular weight excluding hydrogens is 339 g/mol. The smallest absolute Gasteiger partial charge is 0.370 e. The van der Waals surface area contributed by atoms with Crippen LogP contribution in [0.4, 0.5) is 18.3 Å². The molecule has 1 rings (SSSR count). The van der Waals surface area contributed by atoms with Crippen LogP contribution in [0.25, 0.3) is 0 Å². The number of nitrogens with one attached hydrogen (secondary N) is 1. The van der Waals surface area contributed by atoms with Crippen molar-refractivity contribution < 1.29 is 18.0 Å². The number of anilines is 1. The standard InChI is InChI=1S/C11H16F3N5OS2/c1-6(2-8(15)20)21-3-7-4-22-10(18-7)19-9(16)17-5-11(12,13)14/h4,6H,2-3,5H2,1H3,(H2,15,20)(H3,16,17,18,19). The van der Waals surface area contributed by atoms with Crippen LogP contribution in [0.1, 0.15) is 19.0 Å². The predicted octanol–water partition coefficient (Wildman–Crippen LogP) is 1.93. The van der Waals surface area contributed by atoms with Crippen molar-refractivity contribution in [3.63, 3.8) is 0 Å². The number of hydrogen-bond donors (Lipinski definition) is 3. The van der Waals surface area contributed by atoms with Gasteiger partial charge >= 0.3 is 6.18 Å². The summed E-state index contributed by atoms with van der Waals surface area (Å²) in [7, 11) is 0. The summed E-state index contributed by atoms with van der Waals surface area (Å²) >= 11 is 2.72. The van der Waals surface area contributed by atoms with Crippen LogP contribution in [0.2, 0.25) is 0 Å². The predicted molar refractivity (Wildman–Crippen MR) is 82.8 cm³/mol. The number of nitrogens with two attached hydrogens (primary N) is 2. The van der Waals surface area contributed by atoms with E-state index in [2.05, 4.69) is 15.3 Å². The van der Waals surface area contributed by atoms with Crippen LogP contribution in [0.5, 0.6) is 0 Å². The van der Waals surface area contributed by atoms with E-state index in [0.29, 0.717) is 10.9 Å². The molecule has 6 nitrogen and oxygen atoms in total. The third-order valence-electron chi connectivity index (χ3n) is 2.22. The minimum absolute atomic E-state index is 0.0639. The lowest BCUT2D eigenvalue weighted by Crippen LogP contribution is -2.25. The van der Waals surface area contributed by atoms with Crippen molar-refractivity contribution in [3.8, 4) is 0 Å². The largest absolute Gasteiger partial charge is 0.408 e. The van der Waals surface area contributed by atoms with Crippen molar-refractivity contribution in [2.24, 2.45) is 16.5 Å². The number of amides is 1. The summed E-state index contributed by atoms with van der Waals surface area (Å²) in [5.41, 5.74) is 11.2. The summed E-state index contributed by atoms with van der Waals surface area (Å²) in [6.07, 6.45) is -4.12. The zero-order valence-electron chi connectivity index (χ0n) is 11.7. The minimum Gasteiger partial charge on any atom is -0.370 e. The first-order valence-electron chi connectivity index (χ1n) is 6.13. The summed E-state index contributed by atoms with van der Waals surface area (Å²) in [5.74, 6) is -0.145. The molecule has 0 fully saturated rings. The lowest BCUT2D eigenvalue weighted by atomic mass is 10.3. The second kappa shape index (κ2) is 8.22. The number of halogens is 3. The number of carbonyl (C=O) groups is 1. The normalized spacial score (nSPS) is 13.9. The molecule has 1 aromatic heterocycles. The van der Waals surface area contributed by atoms with Crippen LogP contribution in [-0.2, 0) is 10.5 Å². The Morgan fingerprint density at radius 3 is 2.82 bits per heavy atom. The number of primary amides is 1. The molecule has 1 atom stereocenters. The van der Waals surface area contributed by atoms with Crippen LogP contribution in [0, 0.1) is 0 Å². The van der Waals surface area contributed by atoms with Gasteiger partial charge in [-0.1, -0.05) is 6.92 Å². The molecule has 0 aliphatic rings. The van der Waals surface area contributed by atoms with Crippen molar-refractivity contribution in [2.45, 2.75) is 30.5 Å². The van der Waals surface area contributed by atoms with E-state index >= 15 is 0 Å². The molecule has 0 bridgehead atoms. The van der Waals surface area contributed by atoms with Gasteiger partial charge in [-0.05, 0) is 0 Å². The highest BCUT2D eigenvalue weighted by Crippen LogP contribution is 2.23. The zero-order valence-corrected chi connectivity index (χ0v) is 13.3. The van der Waals surface area contributed by atoms with E-state index in [1.165, 1.54) is 23.1 Å². The number of thiazole rings is 1. The topological polar surface area (TPSA) is 106 Å². The fourth-order valence-corrected chi connectivity index (χ4v) is 3.03. The molecule has 0 aromatic carbocycles. The Morgan fingerprint density at radius 1 is 1.55 bits per heavy atom. The van der Waals surface area contributed by atoms with E-state index in [-0.39, 0.29) is 23.5 Å². The van der Waals surface area contributed by atoms with E-state index in [1.54, 1.807) is 5.38 Å². The lowest BCUT2D eigenvalue weighted by Gasteiger charge is -2.07. The fourth-order valence-electron chi connectivity index (χ4n) is 1.32. The Hall–Kier alpha value is -1.49. The summed E-state index contributed by atoms with van der Waals surface area (Å²) < 4.78 is 36.0. The van der Waals surface area contributed by atoms with Crippen molar-refractivity contribution >= 4 is 40.1 Å². The number of hydrogen-bond acceptors (Lipinski definition) is 5. The van der Waals surface area contributed by atoms with Crippen LogP contribution in [-0.4, -0.2) is 34.8 Å². The molecule has 124 valence electrons. The average molecular weight is 355 g/mol. The van der Waals surface area contributed by atoms with Gasteiger partial charge in [0.2, 0.25) is 5.91 Å². The molecule has 1 heterocycles. The van der Waals surface area contributed by atoms with Crippen LogP contribution in [0.3, 0.4) is 0 Å². The quantitative estimate of drug-likeness (QED) is 0.512. The third kappa shape index (κ3) is 8.08. The van der Waals surface area contributed by atoms with Gasteiger partial charge in [0.15, 0.2) is 11.1 Å². The molecule has 11 heteroatoms. The second-order valence-electron chi connectivity index (χ2n) is 4.38. The highest BCUT2D eigenvalue weighted by molar-refractivity contribution is 7.99. The first kappa shape index (κ1) is 18.6. The van der Waals surface area contributed by atoms with Crippen molar-refractivity contribution in [1.29, 1.82) is 0 Å². The van der Waals surface area contributed by atoms with E-state index in [0.717, 1.165) is 5.69 Å².